The molecule has 0 atom stereocenters. The number of nitro groups is 1. The second-order valence-corrected chi connectivity index (χ2v) is 4.03. The van der Waals surface area contributed by atoms with Gasteiger partial charge in [0.05, 0.1) is 11.0 Å². The lowest BCUT2D eigenvalue weighted by atomic mass is 10.2. The summed E-state index contributed by atoms with van der Waals surface area (Å²) in [7, 11) is 0. The fourth-order valence-electron chi connectivity index (χ4n) is 1.65. The van der Waals surface area contributed by atoms with E-state index < -0.39 is 4.92 Å². The van der Waals surface area contributed by atoms with Crippen molar-refractivity contribution >= 4 is 17.3 Å². The normalized spacial score (nSPS) is 9.85. The highest BCUT2D eigenvalue weighted by Gasteiger charge is 2.16. The molecule has 2 aromatic rings. The molecule has 0 aliphatic heterocycles. The van der Waals surface area contributed by atoms with Crippen molar-refractivity contribution in [2.45, 2.75) is 6.92 Å². The second kappa shape index (κ2) is 5.83. The van der Waals surface area contributed by atoms with Crippen LogP contribution in [0.4, 0.5) is 11.4 Å². The van der Waals surface area contributed by atoms with Crippen molar-refractivity contribution < 1.29 is 14.5 Å². The van der Waals surface area contributed by atoms with Gasteiger partial charge in [-0.2, -0.15) is 0 Å². The van der Waals surface area contributed by atoms with E-state index in [2.05, 4.69) is 5.32 Å². The lowest BCUT2D eigenvalue weighted by Gasteiger charge is -2.08. The molecule has 1 N–H and O–H groups in total. The Morgan fingerprint density at radius 2 is 1.85 bits per heavy atom. The molecule has 2 rings (SSSR count). The largest absolute Gasteiger partial charge is 0.457 e. The fourth-order valence-corrected chi connectivity index (χ4v) is 1.65. The van der Waals surface area contributed by atoms with Crippen LogP contribution in [0.1, 0.15) is 6.92 Å². The van der Waals surface area contributed by atoms with Gasteiger partial charge in [-0.1, -0.05) is 18.2 Å². The van der Waals surface area contributed by atoms with E-state index >= 15 is 0 Å². The van der Waals surface area contributed by atoms with Gasteiger partial charge in [0.2, 0.25) is 5.91 Å². The maximum atomic E-state index is 11.0. The molecular formula is C14H12N2O4. The van der Waals surface area contributed by atoms with Crippen LogP contribution < -0.4 is 10.1 Å². The molecule has 102 valence electrons. The van der Waals surface area contributed by atoms with E-state index in [1.165, 1.54) is 19.1 Å². The number of nitro benzene ring substituents is 1. The van der Waals surface area contributed by atoms with Crippen LogP contribution in [0.15, 0.2) is 48.5 Å². The highest BCUT2D eigenvalue weighted by atomic mass is 16.6. The van der Waals surface area contributed by atoms with Gasteiger partial charge in [0, 0.05) is 6.92 Å². The molecule has 0 saturated heterocycles. The Balaban J connectivity index is 2.30. The first kappa shape index (κ1) is 13.5. The molecule has 6 heteroatoms. The van der Waals surface area contributed by atoms with Gasteiger partial charge in [-0.3, -0.25) is 14.9 Å². The lowest BCUT2D eigenvalue weighted by Crippen LogP contribution is -2.08. The predicted octanol–water partition coefficient (Wildman–Crippen LogP) is 3.35. The zero-order valence-electron chi connectivity index (χ0n) is 10.7. The molecule has 0 aromatic heterocycles. The minimum atomic E-state index is -0.566. The number of amides is 1. The Labute approximate surface area is 115 Å². The average molecular weight is 272 g/mol. The maximum absolute atomic E-state index is 11.0. The van der Waals surface area contributed by atoms with Crippen LogP contribution in [0.5, 0.6) is 11.5 Å². The van der Waals surface area contributed by atoms with Crippen molar-refractivity contribution in [1.29, 1.82) is 0 Å². The zero-order chi connectivity index (χ0) is 14.5. The third kappa shape index (κ3) is 3.32. The summed E-state index contributed by atoms with van der Waals surface area (Å²) in [6.45, 7) is 1.29. The van der Waals surface area contributed by atoms with Crippen molar-refractivity contribution in [3.8, 4) is 11.5 Å². The Hall–Kier alpha value is -2.89. The highest BCUT2D eigenvalue weighted by Crippen LogP contribution is 2.31. The molecule has 1 amide bonds. The second-order valence-electron chi connectivity index (χ2n) is 4.03. The number of carbonyl (C=O) groups excluding carboxylic acids is 1. The van der Waals surface area contributed by atoms with Crippen LogP contribution in [-0.2, 0) is 4.79 Å². The Bertz CT molecular complexity index is 641. The molecule has 2 aromatic carbocycles. The molecule has 0 saturated carbocycles. The van der Waals surface area contributed by atoms with Crippen molar-refractivity contribution in [1.82, 2.24) is 0 Å². The quantitative estimate of drug-likeness (QED) is 0.683. The van der Waals surface area contributed by atoms with Gasteiger partial charge < -0.3 is 10.1 Å². The predicted molar refractivity (Wildman–Crippen MR) is 73.9 cm³/mol. The summed E-state index contributed by atoms with van der Waals surface area (Å²) in [6.07, 6.45) is 0. The first-order valence-electron chi connectivity index (χ1n) is 5.85. The van der Waals surface area contributed by atoms with Crippen LogP contribution in [0.2, 0.25) is 0 Å². The molecule has 20 heavy (non-hydrogen) atoms. The van der Waals surface area contributed by atoms with E-state index in [-0.39, 0.29) is 17.3 Å². The van der Waals surface area contributed by atoms with Crippen LogP contribution >= 0.6 is 0 Å². The van der Waals surface area contributed by atoms with E-state index in [4.69, 9.17) is 4.74 Å². The van der Waals surface area contributed by atoms with Gasteiger partial charge in [0.1, 0.15) is 17.2 Å². The van der Waals surface area contributed by atoms with E-state index in [0.29, 0.717) is 11.5 Å². The standard InChI is InChI=1S/C14H12N2O4/c1-10(17)15-13-8-7-12(9-14(13)16(18)19)20-11-5-3-2-4-6-11/h2-9H,1H3,(H,15,17). The monoisotopic (exact) mass is 272 g/mol. The summed E-state index contributed by atoms with van der Waals surface area (Å²) in [5.41, 5.74) is -0.0726. The van der Waals surface area contributed by atoms with Gasteiger partial charge in [0.15, 0.2) is 0 Å². The number of nitrogens with zero attached hydrogens (tertiary/aromatic N) is 1. The average Bonchev–Trinajstić information content (AvgIpc) is 2.41. The first-order valence-corrected chi connectivity index (χ1v) is 5.85. The number of para-hydroxylation sites is 1. The molecule has 0 radical (unpaired) electrons. The Morgan fingerprint density at radius 3 is 2.45 bits per heavy atom. The van der Waals surface area contributed by atoms with Crippen molar-refractivity contribution in [3.05, 3.63) is 58.6 Å². The number of hydrogen-bond donors (Lipinski definition) is 1. The number of rotatable bonds is 4. The molecule has 0 aliphatic carbocycles. The molecule has 0 aliphatic rings. The molecule has 0 heterocycles. The minimum Gasteiger partial charge on any atom is -0.457 e. The molecule has 0 fully saturated rings. The van der Waals surface area contributed by atoms with Crippen LogP contribution in [0, 0.1) is 10.1 Å². The third-order valence-corrected chi connectivity index (χ3v) is 2.46. The van der Waals surface area contributed by atoms with E-state index in [9.17, 15) is 14.9 Å². The van der Waals surface area contributed by atoms with Crippen LogP contribution in [-0.4, -0.2) is 10.8 Å². The van der Waals surface area contributed by atoms with Crippen molar-refractivity contribution in [2.75, 3.05) is 5.32 Å². The summed E-state index contributed by atoms with van der Waals surface area (Å²) in [5, 5.41) is 13.4. The Kier molecular flexibility index (Phi) is 3.95. The number of anilines is 1. The van der Waals surface area contributed by atoms with Gasteiger partial charge in [-0.15, -0.1) is 0 Å². The molecular weight excluding hydrogens is 260 g/mol. The maximum Gasteiger partial charge on any atom is 0.296 e. The molecule has 0 unspecified atom stereocenters. The first-order chi connectivity index (χ1) is 9.56. The van der Waals surface area contributed by atoms with Crippen LogP contribution in [0.3, 0.4) is 0 Å². The summed E-state index contributed by atoms with van der Waals surface area (Å²) < 4.78 is 5.51. The van der Waals surface area contributed by atoms with E-state index in [1.807, 2.05) is 6.07 Å². The zero-order valence-corrected chi connectivity index (χ0v) is 10.7. The van der Waals surface area contributed by atoms with Gasteiger partial charge >= 0.3 is 0 Å². The van der Waals surface area contributed by atoms with Gasteiger partial charge in [-0.05, 0) is 24.3 Å². The number of carbonyl (C=O) groups is 1. The molecule has 6 nitrogen and oxygen atoms in total. The number of ether oxygens (including phenoxy) is 1. The smallest absolute Gasteiger partial charge is 0.296 e. The third-order valence-electron chi connectivity index (χ3n) is 2.46. The minimum absolute atomic E-state index is 0.142. The molecule has 0 spiro atoms. The topological polar surface area (TPSA) is 81.5 Å². The summed E-state index contributed by atoms with van der Waals surface area (Å²) >= 11 is 0. The number of nitrogens with one attached hydrogen (secondary N) is 1. The van der Waals surface area contributed by atoms with Gasteiger partial charge in [0.25, 0.3) is 5.69 Å². The summed E-state index contributed by atoms with van der Waals surface area (Å²) in [6, 6.07) is 13.2. The summed E-state index contributed by atoms with van der Waals surface area (Å²) in [5.74, 6) is 0.538. The highest BCUT2D eigenvalue weighted by molar-refractivity contribution is 5.91. The Morgan fingerprint density at radius 1 is 1.15 bits per heavy atom. The van der Waals surface area contributed by atoms with E-state index in [1.54, 1.807) is 30.3 Å². The van der Waals surface area contributed by atoms with E-state index in [0.717, 1.165) is 0 Å². The number of hydrogen-bond acceptors (Lipinski definition) is 4. The van der Waals surface area contributed by atoms with Crippen molar-refractivity contribution in [2.24, 2.45) is 0 Å². The molecule has 0 bridgehead atoms. The van der Waals surface area contributed by atoms with Gasteiger partial charge in [-0.25, -0.2) is 0 Å². The van der Waals surface area contributed by atoms with Crippen LogP contribution in [0.25, 0.3) is 0 Å². The number of benzene rings is 2. The SMILES string of the molecule is CC(=O)Nc1ccc(Oc2ccccc2)cc1[N+](=O)[O-]. The van der Waals surface area contributed by atoms with Crippen molar-refractivity contribution in [3.63, 3.8) is 0 Å². The lowest BCUT2D eigenvalue weighted by molar-refractivity contribution is -0.384. The fraction of sp³-hybridized carbons (Fsp3) is 0.0714. The summed E-state index contributed by atoms with van der Waals surface area (Å²) in [4.78, 5) is 21.4.